The summed E-state index contributed by atoms with van der Waals surface area (Å²) in [6.07, 6.45) is -1.20. The summed E-state index contributed by atoms with van der Waals surface area (Å²) in [5, 5.41) is 14.6. The molecular formula is C11H19F3N2O2. The van der Waals surface area contributed by atoms with Crippen LogP contribution in [0.15, 0.2) is 0 Å². The lowest BCUT2D eigenvalue weighted by atomic mass is 10.0. The molecule has 1 aliphatic rings. The first-order chi connectivity index (χ1) is 8.22. The van der Waals surface area contributed by atoms with Gasteiger partial charge in [-0.3, -0.25) is 4.79 Å². The van der Waals surface area contributed by atoms with Gasteiger partial charge in [0.2, 0.25) is 5.91 Å². The summed E-state index contributed by atoms with van der Waals surface area (Å²) >= 11 is 0. The summed E-state index contributed by atoms with van der Waals surface area (Å²) < 4.78 is 35.7. The largest absolute Gasteiger partial charge is 0.405 e. The maximum absolute atomic E-state index is 11.9. The van der Waals surface area contributed by atoms with Gasteiger partial charge in [0.1, 0.15) is 6.54 Å². The van der Waals surface area contributed by atoms with E-state index in [1.54, 1.807) is 5.32 Å². The van der Waals surface area contributed by atoms with Gasteiger partial charge < -0.3 is 15.7 Å². The molecular weight excluding hydrogens is 249 g/mol. The van der Waals surface area contributed by atoms with Gasteiger partial charge in [-0.1, -0.05) is 12.8 Å². The van der Waals surface area contributed by atoms with E-state index in [1.807, 2.05) is 0 Å². The first-order valence-corrected chi connectivity index (χ1v) is 6.02. The van der Waals surface area contributed by atoms with Crippen LogP contribution in [0.5, 0.6) is 0 Å². The highest BCUT2D eigenvalue weighted by atomic mass is 19.4. The number of carbonyl (C=O) groups excluding carboxylic acids is 1. The third-order valence-electron chi connectivity index (χ3n) is 3.13. The van der Waals surface area contributed by atoms with Crippen LogP contribution in [0.4, 0.5) is 13.2 Å². The minimum absolute atomic E-state index is 0.230. The van der Waals surface area contributed by atoms with E-state index in [4.69, 9.17) is 0 Å². The first-order valence-electron chi connectivity index (χ1n) is 6.02. The Kier molecular flexibility index (Phi) is 4.98. The first kappa shape index (κ1) is 15.2. The van der Waals surface area contributed by atoms with Gasteiger partial charge in [-0.2, -0.15) is 13.2 Å². The van der Waals surface area contributed by atoms with Crippen LogP contribution in [0.25, 0.3) is 0 Å². The maximum Gasteiger partial charge on any atom is 0.405 e. The van der Waals surface area contributed by atoms with Gasteiger partial charge in [-0.15, -0.1) is 0 Å². The standard InChI is InChI=1S/C11H19F3N2O2/c1-8(9(17)16-7-11(12,13)14)15-6-10(18)4-2-3-5-10/h8,15,18H,2-7H2,1H3,(H,16,17). The molecule has 1 fully saturated rings. The van der Waals surface area contributed by atoms with E-state index < -0.39 is 30.3 Å². The van der Waals surface area contributed by atoms with Crippen LogP contribution in [-0.4, -0.2) is 41.9 Å². The SMILES string of the molecule is CC(NCC1(O)CCCC1)C(=O)NCC(F)(F)F. The highest BCUT2D eigenvalue weighted by molar-refractivity contribution is 5.81. The van der Waals surface area contributed by atoms with Crippen molar-refractivity contribution in [2.75, 3.05) is 13.1 Å². The molecule has 7 heteroatoms. The molecule has 0 aliphatic heterocycles. The lowest BCUT2D eigenvalue weighted by molar-refractivity contribution is -0.139. The van der Waals surface area contributed by atoms with E-state index in [1.165, 1.54) is 6.92 Å². The summed E-state index contributed by atoms with van der Waals surface area (Å²) in [4.78, 5) is 11.3. The predicted octanol–water partition coefficient (Wildman–Crippen LogP) is 0.948. The van der Waals surface area contributed by atoms with Crippen molar-refractivity contribution in [1.29, 1.82) is 0 Å². The Bertz CT molecular complexity index is 289. The highest BCUT2D eigenvalue weighted by Gasteiger charge is 2.32. The molecule has 0 bridgehead atoms. The molecule has 1 aliphatic carbocycles. The molecule has 1 saturated carbocycles. The van der Waals surface area contributed by atoms with Crippen LogP contribution in [0, 0.1) is 0 Å². The van der Waals surface area contributed by atoms with E-state index in [9.17, 15) is 23.1 Å². The molecule has 1 amide bonds. The van der Waals surface area contributed by atoms with Crippen molar-refractivity contribution in [1.82, 2.24) is 10.6 Å². The van der Waals surface area contributed by atoms with E-state index in [2.05, 4.69) is 5.32 Å². The number of amides is 1. The van der Waals surface area contributed by atoms with Crippen LogP contribution in [0.2, 0.25) is 0 Å². The molecule has 0 saturated heterocycles. The fourth-order valence-electron chi connectivity index (χ4n) is 1.99. The number of nitrogens with one attached hydrogen (secondary N) is 2. The van der Waals surface area contributed by atoms with Crippen molar-refractivity contribution in [3.63, 3.8) is 0 Å². The number of alkyl halides is 3. The lowest BCUT2D eigenvalue weighted by Gasteiger charge is -2.24. The second-order valence-corrected chi connectivity index (χ2v) is 4.87. The molecule has 0 aromatic heterocycles. The van der Waals surface area contributed by atoms with Gasteiger partial charge >= 0.3 is 6.18 Å². The number of aliphatic hydroxyl groups is 1. The Hall–Kier alpha value is -0.820. The number of hydrogen-bond donors (Lipinski definition) is 3. The third kappa shape index (κ3) is 5.22. The van der Waals surface area contributed by atoms with Crippen molar-refractivity contribution in [2.24, 2.45) is 0 Å². The zero-order valence-electron chi connectivity index (χ0n) is 10.3. The monoisotopic (exact) mass is 268 g/mol. The van der Waals surface area contributed by atoms with E-state index >= 15 is 0 Å². The summed E-state index contributed by atoms with van der Waals surface area (Å²) in [7, 11) is 0. The Morgan fingerprint density at radius 1 is 1.39 bits per heavy atom. The van der Waals surface area contributed by atoms with Crippen LogP contribution in [-0.2, 0) is 4.79 Å². The van der Waals surface area contributed by atoms with Gasteiger partial charge in [0.15, 0.2) is 0 Å². The quantitative estimate of drug-likeness (QED) is 0.695. The number of hydrogen-bond acceptors (Lipinski definition) is 3. The molecule has 0 spiro atoms. The van der Waals surface area contributed by atoms with Gasteiger partial charge in [0.05, 0.1) is 11.6 Å². The fourth-order valence-corrected chi connectivity index (χ4v) is 1.99. The van der Waals surface area contributed by atoms with E-state index in [0.29, 0.717) is 12.8 Å². The molecule has 0 heterocycles. The topological polar surface area (TPSA) is 61.4 Å². The summed E-state index contributed by atoms with van der Waals surface area (Å²) in [5.74, 6) is -0.714. The van der Waals surface area contributed by atoms with Crippen molar-refractivity contribution in [2.45, 2.75) is 50.4 Å². The molecule has 1 rings (SSSR count). The van der Waals surface area contributed by atoms with Gasteiger partial charge in [0, 0.05) is 6.54 Å². The smallest absolute Gasteiger partial charge is 0.389 e. The zero-order chi connectivity index (χ0) is 13.8. The normalized spacial score (nSPS) is 20.7. The predicted molar refractivity (Wildman–Crippen MR) is 59.9 cm³/mol. The molecule has 106 valence electrons. The van der Waals surface area contributed by atoms with Crippen LogP contribution >= 0.6 is 0 Å². The average molecular weight is 268 g/mol. The molecule has 1 unspecified atom stereocenters. The third-order valence-corrected chi connectivity index (χ3v) is 3.13. The van der Waals surface area contributed by atoms with Crippen molar-refractivity contribution in [3.05, 3.63) is 0 Å². The van der Waals surface area contributed by atoms with Crippen molar-refractivity contribution in [3.8, 4) is 0 Å². The second-order valence-electron chi connectivity index (χ2n) is 4.87. The lowest BCUT2D eigenvalue weighted by Crippen LogP contribution is -2.49. The summed E-state index contributed by atoms with van der Waals surface area (Å²) in [6.45, 7) is 0.375. The summed E-state index contributed by atoms with van der Waals surface area (Å²) in [5.41, 5.74) is -0.821. The average Bonchev–Trinajstić information content (AvgIpc) is 2.69. The van der Waals surface area contributed by atoms with E-state index in [0.717, 1.165) is 12.8 Å². The van der Waals surface area contributed by atoms with Crippen LogP contribution in [0.3, 0.4) is 0 Å². The Morgan fingerprint density at radius 3 is 2.44 bits per heavy atom. The molecule has 1 atom stereocenters. The van der Waals surface area contributed by atoms with Crippen molar-refractivity contribution < 1.29 is 23.1 Å². The Morgan fingerprint density at radius 2 is 1.94 bits per heavy atom. The Labute approximate surface area is 104 Å². The molecule has 0 aromatic carbocycles. The molecule has 0 aromatic rings. The number of rotatable bonds is 5. The van der Waals surface area contributed by atoms with Crippen molar-refractivity contribution >= 4 is 5.91 Å². The minimum Gasteiger partial charge on any atom is -0.389 e. The maximum atomic E-state index is 11.9. The molecule has 4 nitrogen and oxygen atoms in total. The second kappa shape index (κ2) is 5.88. The van der Waals surface area contributed by atoms with E-state index in [-0.39, 0.29) is 6.54 Å². The van der Waals surface area contributed by atoms with Gasteiger partial charge in [0.25, 0.3) is 0 Å². The minimum atomic E-state index is -4.40. The number of carbonyl (C=O) groups is 1. The van der Waals surface area contributed by atoms with Crippen LogP contribution < -0.4 is 10.6 Å². The van der Waals surface area contributed by atoms with Crippen LogP contribution in [0.1, 0.15) is 32.6 Å². The summed E-state index contributed by atoms with van der Waals surface area (Å²) in [6, 6.07) is -0.753. The zero-order valence-corrected chi connectivity index (χ0v) is 10.3. The van der Waals surface area contributed by atoms with Gasteiger partial charge in [-0.25, -0.2) is 0 Å². The fraction of sp³-hybridized carbons (Fsp3) is 0.909. The number of halogens is 3. The molecule has 0 radical (unpaired) electrons. The molecule has 18 heavy (non-hydrogen) atoms. The molecule has 3 N–H and O–H groups in total. The Balaban J connectivity index is 2.27. The van der Waals surface area contributed by atoms with Gasteiger partial charge in [-0.05, 0) is 19.8 Å². The highest BCUT2D eigenvalue weighted by Crippen LogP contribution is 2.28.